The predicted octanol–water partition coefficient (Wildman–Crippen LogP) is 5.29. The van der Waals surface area contributed by atoms with E-state index in [2.05, 4.69) is 29.6 Å². The molecule has 0 atom stereocenters. The monoisotopic (exact) mass is 472 g/mol. The first-order chi connectivity index (χ1) is 16.9. The van der Waals surface area contributed by atoms with E-state index in [1.807, 2.05) is 24.3 Å². The van der Waals surface area contributed by atoms with Crippen molar-refractivity contribution in [3.63, 3.8) is 0 Å². The zero-order valence-corrected chi connectivity index (χ0v) is 19.8. The van der Waals surface area contributed by atoms with Gasteiger partial charge >= 0.3 is 12.1 Å². The number of hydrogen-bond acceptors (Lipinski definition) is 4. The van der Waals surface area contributed by atoms with Crippen LogP contribution in [0.2, 0.25) is 0 Å². The van der Waals surface area contributed by atoms with E-state index in [0.717, 1.165) is 22.3 Å². The molecule has 2 amide bonds. The van der Waals surface area contributed by atoms with E-state index in [4.69, 9.17) is 9.84 Å². The van der Waals surface area contributed by atoms with Crippen LogP contribution in [0.3, 0.4) is 0 Å². The number of fused-ring (bicyclic) bond motifs is 3. The Labute approximate surface area is 204 Å². The Morgan fingerprint density at radius 2 is 1.57 bits per heavy atom. The van der Waals surface area contributed by atoms with Crippen LogP contribution in [0, 0.1) is 6.92 Å². The fourth-order valence-electron chi connectivity index (χ4n) is 4.52. The summed E-state index contributed by atoms with van der Waals surface area (Å²) in [6, 6.07) is 21.4. The maximum Gasteiger partial charge on any atom is 0.411 e. The zero-order chi connectivity index (χ0) is 24.9. The van der Waals surface area contributed by atoms with Crippen molar-refractivity contribution in [2.75, 3.05) is 25.5 Å². The molecular weight excluding hydrogens is 444 g/mol. The average Bonchev–Trinajstić information content (AvgIpc) is 3.17. The number of carboxylic acid groups (broad SMARTS) is 1. The van der Waals surface area contributed by atoms with Gasteiger partial charge in [-0.15, -0.1) is 0 Å². The minimum Gasteiger partial charge on any atom is -0.481 e. The smallest absolute Gasteiger partial charge is 0.411 e. The Bertz CT molecular complexity index is 1220. The summed E-state index contributed by atoms with van der Waals surface area (Å²) in [5.74, 6) is -1.16. The molecule has 0 radical (unpaired) electrons. The molecule has 180 valence electrons. The summed E-state index contributed by atoms with van der Waals surface area (Å²) in [6.07, 6.45) is -0.219. The third-order valence-electron chi connectivity index (χ3n) is 6.38. The van der Waals surface area contributed by atoms with Gasteiger partial charge in [0.25, 0.3) is 5.91 Å². The average molecular weight is 473 g/mol. The molecule has 3 aromatic rings. The maximum atomic E-state index is 12.8. The van der Waals surface area contributed by atoms with Crippen molar-refractivity contribution in [3.05, 3.63) is 89.0 Å². The normalized spacial score (nSPS) is 11.9. The molecule has 0 aromatic heterocycles. The topological polar surface area (TPSA) is 95.9 Å². The van der Waals surface area contributed by atoms with E-state index in [0.29, 0.717) is 29.8 Å². The number of anilines is 1. The van der Waals surface area contributed by atoms with Gasteiger partial charge < -0.3 is 14.7 Å². The molecule has 3 aromatic carbocycles. The molecule has 0 saturated carbocycles. The summed E-state index contributed by atoms with van der Waals surface area (Å²) in [5, 5.41) is 11.6. The Kier molecular flexibility index (Phi) is 7.15. The lowest BCUT2D eigenvalue weighted by atomic mass is 9.98. The number of rotatable bonds is 8. The van der Waals surface area contributed by atoms with Crippen LogP contribution >= 0.6 is 0 Å². The number of ether oxygens (including phenoxy) is 1. The SMILES string of the molecule is Cc1c(NC(=O)OCC2c3ccccc3-c3ccccc32)cccc1C(=O)N(C)CCCC(=O)O. The lowest BCUT2D eigenvalue weighted by Crippen LogP contribution is -2.29. The second-order valence-electron chi connectivity index (χ2n) is 8.65. The van der Waals surface area contributed by atoms with Crippen molar-refractivity contribution in [1.82, 2.24) is 4.90 Å². The Hall–Kier alpha value is -4.13. The fourth-order valence-corrected chi connectivity index (χ4v) is 4.52. The molecule has 0 fully saturated rings. The van der Waals surface area contributed by atoms with Gasteiger partial charge in [-0.1, -0.05) is 54.6 Å². The second-order valence-corrected chi connectivity index (χ2v) is 8.65. The van der Waals surface area contributed by atoms with Crippen molar-refractivity contribution in [1.29, 1.82) is 0 Å². The minimum absolute atomic E-state index is 0.0000182. The van der Waals surface area contributed by atoms with Gasteiger partial charge in [0.05, 0.1) is 0 Å². The summed E-state index contributed by atoms with van der Waals surface area (Å²) in [7, 11) is 1.63. The number of carbonyl (C=O) groups excluding carboxylic acids is 2. The summed E-state index contributed by atoms with van der Waals surface area (Å²) in [4.78, 5) is 37.7. The van der Waals surface area contributed by atoms with Gasteiger partial charge in [-0.3, -0.25) is 14.9 Å². The number of nitrogens with one attached hydrogen (secondary N) is 1. The van der Waals surface area contributed by atoms with Crippen molar-refractivity contribution < 1.29 is 24.2 Å². The summed E-state index contributed by atoms with van der Waals surface area (Å²) >= 11 is 0. The van der Waals surface area contributed by atoms with Gasteiger partial charge in [-0.25, -0.2) is 4.79 Å². The molecule has 35 heavy (non-hydrogen) atoms. The fraction of sp³-hybridized carbons (Fsp3) is 0.250. The molecule has 4 rings (SSSR count). The molecule has 2 N–H and O–H groups in total. The van der Waals surface area contributed by atoms with Gasteiger partial charge in [0.2, 0.25) is 0 Å². The third-order valence-corrected chi connectivity index (χ3v) is 6.38. The second kappa shape index (κ2) is 10.4. The van der Waals surface area contributed by atoms with Gasteiger partial charge in [0, 0.05) is 37.2 Å². The van der Waals surface area contributed by atoms with Crippen LogP contribution in [-0.2, 0) is 9.53 Å². The molecule has 0 spiro atoms. The van der Waals surface area contributed by atoms with Crippen LogP contribution in [0.4, 0.5) is 10.5 Å². The highest BCUT2D eigenvalue weighted by molar-refractivity contribution is 5.98. The van der Waals surface area contributed by atoms with Crippen LogP contribution in [-0.4, -0.2) is 48.2 Å². The van der Waals surface area contributed by atoms with Gasteiger partial charge in [0.1, 0.15) is 6.61 Å². The lowest BCUT2D eigenvalue weighted by Gasteiger charge is -2.19. The summed E-state index contributed by atoms with van der Waals surface area (Å²) < 4.78 is 5.62. The highest BCUT2D eigenvalue weighted by Gasteiger charge is 2.29. The molecule has 0 saturated heterocycles. The number of amides is 2. The maximum absolute atomic E-state index is 12.8. The number of carboxylic acids is 1. The summed E-state index contributed by atoms with van der Waals surface area (Å²) in [5.41, 5.74) is 6.15. The minimum atomic E-state index is -0.892. The third kappa shape index (κ3) is 5.19. The lowest BCUT2D eigenvalue weighted by molar-refractivity contribution is -0.137. The van der Waals surface area contributed by atoms with Crippen molar-refractivity contribution in [3.8, 4) is 11.1 Å². The first kappa shape index (κ1) is 24.0. The van der Waals surface area contributed by atoms with Crippen LogP contribution in [0.5, 0.6) is 0 Å². The number of aliphatic carboxylic acids is 1. The first-order valence-electron chi connectivity index (χ1n) is 11.6. The highest BCUT2D eigenvalue weighted by Crippen LogP contribution is 2.44. The number of benzene rings is 3. The van der Waals surface area contributed by atoms with Crippen molar-refractivity contribution in [2.24, 2.45) is 0 Å². The van der Waals surface area contributed by atoms with E-state index >= 15 is 0 Å². The Morgan fingerprint density at radius 1 is 0.943 bits per heavy atom. The zero-order valence-electron chi connectivity index (χ0n) is 19.8. The Morgan fingerprint density at radius 3 is 2.20 bits per heavy atom. The number of hydrogen-bond donors (Lipinski definition) is 2. The molecule has 1 aliphatic carbocycles. The van der Waals surface area contributed by atoms with Crippen LogP contribution < -0.4 is 5.32 Å². The molecular formula is C28H28N2O5. The van der Waals surface area contributed by atoms with E-state index < -0.39 is 12.1 Å². The van der Waals surface area contributed by atoms with E-state index in [9.17, 15) is 14.4 Å². The molecule has 7 heteroatoms. The molecule has 0 bridgehead atoms. The summed E-state index contributed by atoms with van der Waals surface area (Å²) in [6.45, 7) is 2.29. The molecule has 0 heterocycles. The number of carbonyl (C=O) groups is 3. The molecule has 0 unspecified atom stereocenters. The van der Waals surface area contributed by atoms with E-state index in [1.54, 1.807) is 32.2 Å². The van der Waals surface area contributed by atoms with Crippen LogP contribution in [0.1, 0.15) is 45.8 Å². The number of nitrogens with zero attached hydrogens (tertiary/aromatic N) is 1. The molecule has 7 nitrogen and oxygen atoms in total. The van der Waals surface area contributed by atoms with Crippen LogP contribution in [0.15, 0.2) is 66.7 Å². The van der Waals surface area contributed by atoms with Gasteiger partial charge in [-0.05, 0) is 53.3 Å². The van der Waals surface area contributed by atoms with Crippen molar-refractivity contribution in [2.45, 2.75) is 25.7 Å². The first-order valence-corrected chi connectivity index (χ1v) is 11.6. The largest absolute Gasteiger partial charge is 0.481 e. The van der Waals surface area contributed by atoms with E-state index in [1.165, 1.54) is 4.90 Å². The highest BCUT2D eigenvalue weighted by atomic mass is 16.5. The molecule has 0 aliphatic heterocycles. The van der Waals surface area contributed by atoms with Gasteiger partial charge in [-0.2, -0.15) is 0 Å². The molecule has 1 aliphatic rings. The predicted molar refractivity (Wildman–Crippen MR) is 134 cm³/mol. The van der Waals surface area contributed by atoms with E-state index in [-0.39, 0.29) is 24.9 Å². The Balaban J connectivity index is 1.41. The van der Waals surface area contributed by atoms with Crippen molar-refractivity contribution >= 4 is 23.7 Å². The van der Waals surface area contributed by atoms with Crippen LogP contribution in [0.25, 0.3) is 11.1 Å². The standard InChI is InChI=1S/C28H28N2O5/c1-18-19(27(33)30(2)16-8-15-26(31)32)13-7-14-25(18)29-28(34)35-17-24-22-11-5-3-9-20(22)21-10-4-6-12-23(21)24/h3-7,9-14,24H,8,15-17H2,1-2H3,(H,29,34)(H,31,32). The quantitative estimate of drug-likeness (QED) is 0.464. The van der Waals surface area contributed by atoms with Gasteiger partial charge in [0.15, 0.2) is 0 Å².